The Bertz CT molecular complexity index is 805. The Kier molecular flexibility index (Phi) is 16.9. The second-order valence-corrected chi connectivity index (χ2v) is 8.48. The molecule has 6 aliphatic rings. The predicted molar refractivity (Wildman–Crippen MR) is 110 cm³/mol. The fraction of sp³-hybridized carbons (Fsp3) is 0.667. The van der Waals surface area contributed by atoms with Crippen LogP contribution in [0.2, 0.25) is 0 Å². The molecule has 0 fully saturated rings. The molecule has 0 saturated carbocycles. The zero-order valence-electron chi connectivity index (χ0n) is 21.0. The minimum Gasteiger partial charge on any atom is -0.472 e. The van der Waals surface area contributed by atoms with E-state index in [1.165, 1.54) is 0 Å². The maximum absolute atomic E-state index is 8.49. The van der Waals surface area contributed by atoms with E-state index in [1.807, 2.05) is 0 Å². The van der Waals surface area contributed by atoms with Gasteiger partial charge in [-0.05, 0) is 0 Å². The average molecular weight is 678 g/mol. The molecule has 6 heterocycles. The van der Waals surface area contributed by atoms with Gasteiger partial charge in [0.25, 0.3) is 35.4 Å². The maximum atomic E-state index is 8.49. The van der Waals surface area contributed by atoms with Gasteiger partial charge in [0.1, 0.15) is 39.6 Å². The third kappa shape index (κ3) is 17.9. The first kappa shape index (κ1) is 36.6. The summed E-state index contributed by atoms with van der Waals surface area (Å²) >= 11 is 0. The molecule has 0 atom stereocenters. The largest absolute Gasteiger partial charge is 2.00 e. The van der Waals surface area contributed by atoms with Crippen molar-refractivity contribution >= 4 is 35.4 Å². The molecular weight excluding hydrogens is 654 g/mol. The number of aliphatic imine (C=N–C) groups is 6. The number of rotatable bonds is 3. The molecule has 6 aliphatic heterocycles. The fourth-order valence-corrected chi connectivity index (χ4v) is 2.79. The molecule has 0 N–H and O–H groups in total. The van der Waals surface area contributed by atoms with Crippen molar-refractivity contribution in [1.29, 1.82) is 0 Å². The molecular formula is C18H24Cl2N6NiO14. The van der Waals surface area contributed by atoms with E-state index in [2.05, 4.69) is 30.0 Å². The summed E-state index contributed by atoms with van der Waals surface area (Å²) in [5.74, 6) is 3.49. The van der Waals surface area contributed by atoms with Gasteiger partial charge in [0.2, 0.25) is 0 Å². The molecule has 0 aromatic rings. The van der Waals surface area contributed by atoms with Gasteiger partial charge in [-0.2, -0.15) is 0 Å². The SMILES string of the molecule is C1COC(C2=NCCO2)=N1.C1COC(C2=NCCO2)=N1.C1COC(C2=NCCO2)=N1.[Ni+2].[O-][Cl+3]([O-])([O-])[O-].[O-][Cl+3]([O-])([O-])[O-]. The molecule has 0 radical (unpaired) electrons. The topological polar surface area (TPSA) is 314 Å². The molecule has 0 saturated heterocycles. The van der Waals surface area contributed by atoms with E-state index in [-0.39, 0.29) is 16.5 Å². The number of hydrogen-bond donors (Lipinski definition) is 0. The third-order valence-corrected chi connectivity index (χ3v) is 4.06. The summed E-state index contributed by atoms with van der Waals surface area (Å²) in [4.78, 5) is 24.3. The van der Waals surface area contributed by atoms with Gasteiger partial charge in [0, 0.05) is 0 Å². The quantitative estimate of drug-likeness (QED) is 0.250. The molecule has 234 valence electrons. The molecule has 6 rings (SSSR count). The Morgan fingerprint density at radius 2 is 0.463 bits per heavy atom. The first-order valence-electron chi connectivity index (χ1n) is 11.2. The van der Waals surface area contributed by atoms with Crippen molar-refractivity contribution in [2.24, 2.45) is 30.0 Å². The van der Waals surface area contributed by atoms with Crippen molar-refractivity contribution in [2.45, 2.75) is 0 Å². The standard InChI is InChI=1S/3C6H8N2O2.2ClHO4.Ni/c3*1-3-9-5(7-1)6-8-2-4-10-6;2*2-1(3,4)5;/h3*1-4H2;2*(H,2,3,4,5);/q;;;;;+2/p-2. The third-order valence-electron chi connectivity index (χ3n) is 4.06. The van der Waals surface area contributed by atoms with Crippen molar-refractivity contribution in [3.63, 3.8) is 0 Å². The number of hydrogen-bond acceptors (Lipinski definition) is 20. The van der Waals surface area contributed by atoms with Gasteiger partial charge in [-0.15, -0.1) is 20.5 Å². The van der Waals surface area contributed by atoms with Gasteiger partial charge >= 0.3 is 16.5 Å². The summed E-state index contributed by atoms with van der Waals surface area (Å²) < 4.78 is 98.7. The van der Waals surface area contributed by atoms with Gasteiger partial charge in [0.05, 0.1) is 39.3 Å². The second-order valence-electron chi connectivity index (χ2n) is 6.97. The monoisotopic (exact) mass is 676 g/mol. The Morgan fingerprint density at radius 3 is 0.537 bits per heavy atom. The van der Waals surface area contributed by atoms with E-state index in [0.29, 0.717) is 75.0 Å². The molecule has 41 heavy (non-hydrogen) atoms. The van der Waals surface area contributed by atoms with Crippen molar-refractivity contribution in [3.05, 3.63) is 0 Å². The van der Waals surface area contributed by atoms with Gasteiger partial charge in [0.15, 0.2) is 0 Å². The second kappa shape index (κ2) is 18.9. The fourth-order valence-electron chi connectivity index (χ4n) is 2.79. The molecule has 0 aromatic carbocycles. The van der Waals surface area contributed by atoms with Crippen LogP contribution in [0.1, 0.15) is 0 Å². The van der Waals surface area contributed by atoms with Gasteiger partial charge in [-0.25, -0.2) is 67.2 Å². The summed E-state index contributed by atoms with van der Waals surface area (Å²) in [6, 6.07) is 0. The summed E-state index contributed by atoms with van der Waals surface area (Å²) in [5, 5.41) is 0. The van der Waals surface area contributed by atoms with Crippen LogP contribution in [0.15, 0.2) is 30.0 Å². The predicted octanol–water partition coefficient (Wildman–Crippen LogP) is -9.98. The minimum absolute atomic E-state index is 0. The Morgan fingerprint density at radius 1 is 0.341 bits per heavy atom. The van der Waals surface area contributed by atoms with E-state index in [9.17, 15) is 0 Å². The van der Waals surface area contributed by atoms with Crippen LogP contribution in [0, 0.1) is 20.5 Å². The van der Waals surface area contributed by atoms with E-state index in [1.54, 1.807) is 0 Å². The zero-order chi connectivity index (χ0) is 29.4. The van der Waals surface area contributed by atoms with Crippen LogP contribution in [0.3, 0.4) is 0 Å². The number of ether oxygens (including phenoxy) is 6. The summed E-state index contributed by atoms with van der Waals surface area (Å²) in [5.41, 5.74) is 0. The Labute approximate surface area is 246 Å². The molecule has 0 aliphatic carbocycles. The summed E-state index contributed by atoms with van der Waals surface area (Å²) in [6.07, 6.45) is 0. The number of halogens is 2. The van der Waals surface area contributed by atoms with Crippen LogP contribution >= 0.6 is 0 Å². The van der Waals surface area contributed by atoms with Crippen molar-refractivity contribution < 1.29 is 103 Å². The molecule has 0 aromatic heterocycles. The van der Waals surface area contributed by atoms with E-state index in [4.69, 9.17) is 65.7 Å². The molecule has 0 amide bonds. The van der Waals surface area contributed by atoms with Crippen LogP contribution in [0.25, 0.3) is 0 Å². The first-order valence-corrected chi connectivity index (χ1v) is 13.6. The van der Waals surface area contributed by atoms with E-state index in [0.717, 1.165) is 39.3 Å². The maximum Gasteiger partial charge on any atom is 2.00 e. The van der Waals surface area contributed by atoms with Crippen LogP contribution in [0.4, 0.5) is 0 Å². The molecule has 0 spiro atoms. The van der Waals surface area contributed by atoms with E-state index < -0.39 is 20.5 Å². The molecule has 0 bridgehead atoms. The first-order chi connectivity index (χ1) is 18.9. The van der Waals surface area contributed by atoms with Crippen LogP contribution in [-0.4, -0.2) is 114 Å². The summed E-state index contributed by atoms with van der Waals surface area (Å²) in [7, 11) is -9.89. The zero-order valence-corrected chi connectivity index (χ0v) is 23.5. The Hall–Kier alpha value is -2.43. The van der Waals surface area contributed by atoms with Crippen LogP contribution < -0.4 is 37.3 Å². The van der Waals surface area contributed by atoms with Gasteiger partial charge in [-0.3, -0.25) is 0 Å². The molecule has 23 heteroatoms. The van der Waals surface area contributed by atoms with Crippen molar-refractivity contribution in [1.82, 2.24) is 0 Å². The number of nitrogens with zero attached hydrogens (tertiary/aromatic N) is 6. The van der Waals surface area contributed by atoms with E-state index >= 15 is 0 Å². The van der Waals surface area contributed by atoms with Crippen molar-refractivity contribution in [2.75, 3.05) is 78.9 Å². The molecule has 20 nitrogen and oxygen atoms in total. The van der Waals surface area contributed by atoms with Gasteiger partial charge in [-0.1, -0.05) is 0 Å². The smallest absolute Gasteiger partial charge is 0.472 e. The minimum atomic E-state index is -4.94. The Balaban J connectivity index is 0.000000264. The van der Waals surface area contributed by atoms with Crippen molar-refractivity contribution in [3.8, 4) is 0 Å². The van der Waals surface area contributed by atoms with Crippen LogP contribution in [-0.2, 0) is 44.9 Å². The summed E-state index contributed by atoms with van der Waals surface area (Å²) in [6.45, 7) is 8.39. The van der Waals surface area contributed by atoms with Crippen LogP contribution in [0.5, 0.6) is 0 Å². The average Bonchev–Trinajstić information content (AvgIpc) is 3.73. The molecule has 0 unspecified atom stereocenters. The van der Waals surface area contributed by atoms with Gasteiger partial charge < -0.3 is 28.4 Å². The normalized spacial score (nSPS) is 19.9.